The largest absolute Gasteiger partial charge is 0.493 e. The fourth-order valence-corrected chi connectivity index (χ4v) is 3.50. The van der Waals surface area contributed by atoms with Crippen molar-refractivity contribution in [1.82, 2.24) is 9.13 Å². The second-order valence-corrected chi connectivity index (χ2v) is 6.78. The molecule has 0 fully saturated rings. The molecule has 30 heavy (non-hydrogen) atoms. The van der Waals surface area contributed by atoms with Crippen LogP contribution in [0, 0.1) is 6.92 Å². The van der Waals surface area contributed by atoms with E-state index < -0.39 is 11.1 Å². The number of hydrogen-bond donors (Lipinski definition) is 1. The lowest BCUT2D eigenvalue weighted by molar-refractivity contribution is 0.102. The number of benzene rings is 2. The molecule has 1 heterocycles. The third kappa shape index (κ3) is 3.56. The van der Waals surface area contributed by atoms with Gasteiger partial charge >= 0.3 is 11.1 Å². The summed E-state index contributed by atoms with van der Waals surface area (Å²) < 4.78 is 13.4. The van der Waals surface area contributed by atoms with Gasteiger partial charge in [0, 0.05) is 24.3 Å². The zero-order valence-electron chi connectivity index (χ0n) is 17.7. The minimum atomic E-state index is -0.576. The Balaban J connectivity index is 2.10. The molecule has 0 atom stereocenters. The highest BCUT2D eigenvalue weighted by atomic mass is 16.5. The summed E-state index contributed by atoms with van der Waals surface area (Å²) in [4.78, 5) is 37.7. The molecule has 0 bridgehead atoms. The van der Waals surface area contributed by atoms with Crippen molar-refractivity contribution in [3.63, 3.8) is 0 Å². The number of ether oxygens (including phenoxy) is 2. The Hall–Kier alpha value is -3.55. The third-order valence-electron chi connectivity index (χ3n) is 5.10. The summed E-state index contributed by atoms with van der Waals surface area (Å²) in [6.07, 6.45) is 0. The van der Waals surface area contributed by atoms with Gasteiger partial charge in [0.1, 0.15) is 0 Å². The summed E-state index contributed by atoms with van der Waals surface area (Å²) >= 11 is 0. The van der Waals surface area contributed by atoms with Crippen LogP contribution < -0.4 is 25.9 Å². The monoisotopic (exact) mass is 411 g/mol. The van der Waals surface area contributed by atoms with Crippen molar-refractivity contribution in [2.45, 2.75) is 33.9 Å². The smallest absolute Gasteiger partial charge is 0.316 e. The van der Waals surface area contributed by atoms with Gasteiger partial charge < -0.3 is 23.9 Å². The highest BCUT2D eigenvalue weighted by molar-refractivity contribution is 6.05. The molecule has 158 valence electrons. The molecule has 2 aromatic carbocycles. The number of amides is 1. The first-order valence-corrected chi connectivity index (χ1v) is 9.67. The first-order chi connectivity index (χ1) is 14.4. The molecule has 0 saturated carbocycles. The molecular formula is C22H25N3O5. The average molecular weight is 411 g/mol. The van der Waals surface area contributed by atoms with Gasteiger partial charge in [-0.2, -0.15) is 0 Å². The van der Waals surface area contributed by atoms with Crippen LogP contribution in [0.5, 0.6) is 11.5 Å². The Morgan fingerprint density at radius 2 is 1.47 bits per heavy atom. The van der Waals surface area contributed by atoms with Crippen molar-refractivity contribution in [2.75, 3.05) is 19.5 Å². The quantitative estimate of drug-likeness (QED) is 0.630. The van der Waals surface area contributed by atoms with E-state index in [-0.39, 0.29) is 5.91 Å². The number of carbonyl (C=O) groups excluding carboxylic acids is 1. The van der Waals surface area contributed by atoms with Crippen molar-refractivity contribution in [3.8, 4) is 11.5 Å². The van der Waals surface area contributed by atoms with Gasteiger partial charge in [-0.15, -0.1) is 0 Å². The number of aromatic nitrogens is 2. The highest BCUT2D eigenvalue weighted by Gasteiger charge is 2.16. The topological polar surface area (TPSA) is 91.6 Å². The molecule has 0 aliphatic carbocycles. The number of anilines is 1. The van der Waals surface area contributed by atoms with Crippen LogP contribution in [-0.2, 0) is 13.1 Å². The fourth-order valence-electron chi connectivity index (χ4n) is 3.50. The molecule has 8 heteroatoms. The van der Waals surface area contributed by atoms with E-state index in [1.165, 1.54) is 23.4 Å². The maximum atomic E-state index is 12.8. The minimum absolute atomic E-state index is 0.326. The standard InChI is InChI=1S/C22H25N3O5/c1-6-24-16-10-13(3)15(12-17(16)25(7-2)22(28)21(24)27)23-20(26)14-8-9-18(29-4)19(11-14)30-5/h8-12H,6-7H2,1-5H3,(H,23,26). The predicted molar refractivity (Wildman–Crippen MR) is 116 cm³/mol. The number of carbonyl (C=O) groups is 1. The summed E-state index contributed by atoms with van der Waals surface area (Å²) in [5, 5.41) is 2.89. The van der Waals surface area contributed by atoms with Crippen LogP contribution in [0.2, 0.25) is 0 Å². The van der Waals surface area contributed by atoms with Crippen molar-refractivity contribution in [3.05, 3.63) is 62.2 Å². The van der Waals surface area contributed by atoms with Gasteiger partial charge in [0.25, 0.3) is 5.91 Å². The summed E-state index contributed by atoms with van der Waals surface area (Å²) in [6.45, 7) is 6.19. The van der Waals surface area contributed by atoms with E-state index in [1.807, 2.05) is 19.9 Å². The number of rotatable bonds is 6. The molecule has 8 nitrogen and oxygen atoms in total. The average Bonchev–Trinajstić information content (AvgIpc) is 2.75. The van der Waals surface area contributed by atoms with Gasteiger partial charge in [0.05, 0.1) is 25.3 Å². The molecule has 0 aliphatic rings. The van der Waals surface area contributed by atoms with Crippen molar-refractivity contribution in [2.24, 2.45) is 0 Å². The first-order valence-electron chi connectivity index (χ1n) is 9.67. The zero-order chi connectivity index (χ0) is 22.0. The van der Waals surface area contributed by atoms with E-state index in [2.05, 4.69) is 5.32 Å². The van der Waals surface area contributed by atoms with E-state index in [4.69, 9.17) is 9.47 Å². The summed E-state index contributed by atoms with van der Waals surface area (Å²) in [7, 11) is 3.03. The SMILES string of the molecule is CCn1c(=O)c(=O)n(CC)c2cc(NC(=O)c3ccc(OC)c(OC)c3)c(C)cc21. The molecule has 0 saturated heterocycles. The van der Waals surface area contributed by atoms with Crippen molar-refractivity contribution in [1.29, 1.82) is 0 Å². The molecule has 0 spiro atoms. The van der Waals surface area contributed by atoms with E-state index in [0.717, 1.165) is 5.56 Å². The van der Waals surface area contributed by atoms with Gasteiger partial charge in [-0.1, -0.05) is 0 Å². The van der Waals surface area contributed by atoms with Gasteiger partial charge in [-0.25, -0.2) is 0 Å². The number of nitrogens with zero attached hydrogens (tertiary/aromatic N) is 2. The highest BCUT2D eigenvalue weighted by Crippen LogP contribution is 2.28. The third-order valence-corrected chi connectivity index (χ3v) is 5.10. The van der Waals surface area contributed by atoms with Gasteiger partial charge in [-0.05, 0) is 56.7 Å². The van der Waals surface area contributed by atoms with Crippen LogP contribution in [-0.4, -0.2) is 29.3 Å². The molecule has 0 aliphatic heterocycles. The summed E-state index contributed by atoms with van der Waals surface area (Å²) in [5.41, 5.74) is 1.87. The maximum absolute atomic E-state index is 12.8. The zero-order valence-corrected chi connectivity index (χ0v) is 17.7. The number of nitrogens with one attached hydrogen (secondary N) is 1. The second-order valence-electron chi connectivity index (χ2n) is 6.78. The first kappa shape index (κ1) is 21.2. The normalized spacial score (nSPS) is 10.8. The molecule has 1 aromatic heterocycles. The summed E-state index contributed by atoms with van der Waals surface area (Å²) in [6, 6.07) is 8.45. The maximum Gasteiger partial charge on any atom is 0.316 e. The molecule has 0 unspecified atom stereocenters. The van der Waals surface area contributed by atoms with Gasteiger partial charge in [0.15, 0.2) is 11.5 Å². The second kappa shape index (κ2) is 8.44. The molecule has 0 radical (unpaired) electrons. The Morgan fingerprint density at radius 1 is 0.900 bits per heavy atom. The number of aryl methyl sites for hydroxylation is 3. The van der Waals surface area contributed by atoms with Crippen molar-refractivity contribution >= 4 is 22.6 Å². The lowest BCUT2D eigenvalue weighted by Gasteiger charge is -2.16. The van der Waals surface area contributed by atoms with Crippen molar-refractivity contribution < 1.29 is 14.3 Å². The molecule has 3 rings (SSSR count). The van der Waals surface area contributed by atoms with Crippen LogP contribution in [0.15, 0.2) is 39.9 Å². The predicted octanol–water partition coefficient (Wildman–Crippen LogP) is 2.78. The Labute approximate surface area is 173 Å². The minimum Gasteiger partial charge on any atom is -0.493 e. The molecule has 1 N–H and O–H groups in total. The lowest BCUT2D eigenvalue weighted by Crippen LogP contribution is -2.41. The number of hydrogen-bond acceptors (Lipinski definition) is 5. The Morgan fingerprint density at radius 3 is 2.00 bits per heavy atom. The van der Waals surface area contributed by atoms with Crippen LogP contribution >= 0.6 is 0 Å². The van der Waals surface area contributed by atoms with E-state index >= 15 is 0 Å². The lowest BCUT2D eigenvalue weighted by atomic mass is 10.1. The molecule has 3 aromatic rings. The molecular weight excluding hydrogens is 386 g/mol. The van der Waals surface area contributed by atoms with Crippen LogP contribution in [0.1, 0.15) is 29.8 Å². The van der Waals surface area contributed by atoms with E-state index in [1.54, 1.807) is 31.2 Å². The van der Waals surface area contributed by atoms with Gasteiger partial charge in [-0.3, -0.25) is 14.4 Å². The van der Waals surface area contributed by atoms with E-state index in [9.17, 15) is 14.4 Å². The van der Waals surface area contributed by atoms with Crippen LogP contribution in [0.25, 0.3) is 11.0 Å². The van der Waals surface area contributed by atoms with Gasteiger partial charge in [0.2, 0.25) is 0 Å². The number of methoxy groups -OCH3 is 2. The summed E-state index contributed by atoms with van der Waals surface area (Å²) in [5.74, 6) is 0.653. The van der Waals surface area contributed by atoms with Crippen LogP contribution in [0.4, 0.5) is 5.69 Å². The van der Waals surface area contributed by atoms with E-state index in [0.29, 0.717) is 46.9 Å². The number of fused-ring (bicyclic) bond motifs is 1. The Kier molecular flexibility index (Phi) is 5.96. The fraction of sp³-hybridized carbons (Fsp3) is 0.318. The van der Waals surface area contributed by atoms with Crippen LogP contribution in [0.3, 0.4) is 0 Å². The Bertz CT molecular complexity index is 1240. The molecule has 1 amide bonds.